The number of nitrogens with two attached hydrogens (primary N) is 1. The van der Waals surface area contributed by atoms with Crippen molar-refractivity contribution in [2.45, 2.75) is 26.2 Å². The van der Waals surface area contributed by atoms with Crippen molar-refractivity contribution in [1.29, 1.82) is 0 Å². The maximum absolute atomic E-state index is 12.1. The Labute approximate surface area is 107 Å². The van der Waals surface area contributed by atoms with Crippen LogP contribution in [0.2, 0.25) is 0 Å². The smallest absolute Gasteiger partial charge is 0.231 e. The van der Waals surface area contributed by atoms with Gasteiger partial charge in [-0.2, -0.15) is 0 Å². The highest BCUT2D eigenvalue weighted by Gasteiger charge is 2.42. The van der Waals surface area contributed by atoms with Crippen molar-refractivity contribution in [1.82, 2.24) is 4.98 Å². The fraction of sp³-hybridized carbons (Fsp3) is 0.538. The second-order valence-electron chi connectivity index (χ2n) is 4.61. The van der Waals surface area contributed by atoms with E-state index >= 15 is 0 Å². The van der Waals surface area contributed by atoms with Gasteiger partial charge in [-0.1, -0.05) is 6.42 Å². The Bertz CT molecular complexity index is 407. The largest absolute Gasteiger partial charge is 0.478 e. The standard InChI is InChI=1S/C13H19N3O2/c1-2-18-11-5-4-10(8-15-11)16-12(17)13(9-14)6-3-7-13/h4-5,8H,2-3,6-7,9,14H2,1H3,(H,16,17). The highest BCUT2D eigenvalue weighted by atomic mass is 16.5. The highest BCUT2D eigenvalue weighted by molar-refractivity contribution is 5.96. The molecule has 0 saturated heterocycles. The van der Waals surface area contributed by atoms with Crippen LogP contribution in [0.1, 0.15) is 26.2 Å². The summed E-state index contributed by atoms with van der Waals surface area (Å²) < 4.78 is 5.24. The van der Waals surface area contributed by atoms with Crippen LogP contribution >= 0.6 is 0 Å². The number of carbonyl (C=O) groups is 1. The summed E-state index contributed by atoms with van der Waals surface area (Å²) in [6, 6.07) is 3.54. The molecule has 5 heteroatoms. The van der Waals surface area contributed by atoms with Crippen molar-refractivity contribution in [2.75, 3.05) is 18.5 Å². The molecule has 1 fully saturated rings. The molecule has 1 aliphatic rings. The van der Waals surface area contributed by atoms with Gasteiger partial charge in [-0.25, -0.2) is 4.98 Å². The normalized spacial score (nSPS) is 16.8. The van der Waals surface area contributed by atoms with E-state index in [9.17, 15) is 4.79 Å². The number of aromatic nitrogens is 1. The van der Waals surface area contributed by atoms with E-state index in [-0.39, 0.29) is 11.3 Å². The number of nitrogens with one attached hydrogen (secondary N) is 1. The topological polar surface area (TPSA) is 77.2 Å². The van der Waals surface area contributed by atoms with Crippen LogP contribution in [0, 0.1) is 5.41 Å². The summed E-state index contributed by atoms with van der Waals surface area (Å²) in [6.07, 6.45) is 4.43. The Balaban J connectivity index is 1.98. The summed E-state index contributed by atoms with van der Waals surface area (Å²) >= 11 is 0. The minimum atomic E-state index is -0.363. The monoisotopic (exact) mass is 249 g/mol. The quantitative estimate of drug-likeness (QED) is 0.830. The van der Waals surface area contributed by atoms with Gasteiger partial charge in [0.25, 0.3) is 0 Å². The van der Waals surface area contributed by atoms with Gasteiger partial charge in [0.2, 0.25) is 11.8 Å². The summed E-state index contributed by atoms with van der Waals surface area (Å²) in [5.41, 5.74) is 6.01. The van der Waals surface area contributed by atoms with E-state index in [0.29, 0.717) is 24.7 Å². The van der Waals surface area contributed by atoms with Gasteiger partial charge in [0, 0.05) is 12.6 Å². The van der Waals surface area contributed by atoms with E-state index < -0.39 is 0 Å². The van der Waals surface area contributed by atoms with E-state index in [4.69, 9.17) is 10.5 Å². The predicted octanol–water partition coefficient (Wildman–Crippen LogP) is 1.55. The third kappa shape index (κ3) is 2.46. The van der Waals surface area contributed by atoms with Gasteiger partial charge in [-0.3, -0.25) is 4.79 Å². The Hall–Kier alpha value is -1.62. The van der Waals surface area contributed by atoms with Crippen LogP contribution < -0.4 is 15.8 Å². The maximum Gasteiger partial charge on any atom is 0.231 e. The zero-order valence-corrected chi connectivity index (χ0v) is 10.6. The minimum absolute atomic E-state index is 0.00205. The lowest BCUT2D eigenvalue weighted by atomic mass is 9.68. The molecule has 1 aliphatic carbocycles. The Morgan fingerprint density at radius 2 is 2.33 bits per heavy atom. The number of hydrogen-bond donors (Lipinski definition) is 2. The highest BCUT2D eigenvalue weighted by Crippen LogP contribution is 2.40. The number of rotatable bonds is 5. The molecule has 0 radical (unpaired) electrons. The average Bonchev–Trinajstić information content (AvgIpc) is 2.31. The van der Waals surface area contributed by atoms with Gasteiger partial charge >= 0.3 is 0 Å². The molecule has 2 rings (SSSR count). The molecule has 1 aromatic rings. The number of carbonyl (C=O) groups excluding carboxylic acids is 1. The number of amides is 1. The first-order valence-corrected chi connectivity index (χ1v) is 6.30. The molecule has 3 N–H and O–H groups in total. The fourth-order valence-electron chi connectivity index (χ4n) is 2.08. The van der Waals surface area contributed by atoms with E-state index in [1.54, 1.807) is 18.3 Å². The van der Waals surface area contributed by atoms with Crippen molar-refractivity contribution in [3.05, 3.63) is 18.3 Å². The molecule has 0 aliphatic heterocycles. The van der Waals surface area contributed by atoms with E-state index in [0.717, 1.165) is 19.3 Å². The van der Waals surface area contributed by atoms with Crippen LogP contribution in [0.3, 0.4) is 0 Å². The lowest BCUT2D eigenvalue weighted by Gasteiger charge is -2.38. The van der Waals surface area contributed by atoms with Crippen LogP contribution in [0.5, 0.6) is 5.88 Å². The summed E-state index contributed by atoms with van der Waals surface area (Å²) in [5, 5.41) is 2.87. The van der Waals surface area contributed by atoms with Crippen molar-refractivity contribution in [3.63, 3.8) is 0 Å². The first-order valence-electron chi connectivity index (χ1n) is 6.30. The lowest BCUT2D eigenvalue weighted by molar-refractivity contribution is -0.129. The van der Waals surface area contributed by atoms with Gasteiger partial charge in [0.1, 0.15) is 0 Å². The predicted molar refractivity (Wildman–Crippen MR) is 69.4 cm³/mol. The Morgan fingerprint density at radius 3 is 2.78 bits per heavy atom. The molecule has 98 valence electrons. The third-order valence-corrected chi connectivity index (χ3v) is 3.47. The molecule has 0 unspecified atom stereocenters. The molecular weight excluding hydrogens is 230 g/mol. The molecule has 0 aromatic carbocycles. The van der Waals surface area contributed by atoms with Crippen LogP contribution in [0.4, 0.5) is 5.69 Å². The van der Waals surface area contributed by atoms with Crippen LogP contribution in [0.25, 0.3) is 0 Å². The third-order valence-electron chi connectivity index (χ3n) is 3.47. The molecule has 0 atom stereocenters. The summed E-state index contributed by atoms with van der Waals surface area (Å²) in [4.78, 5) is 16.2. The summed E-state index contributed by atoms with van der Waals surface area (Å²) in [5.74, 6) is 0.565. The second kappa shape index (κ2) is 5.35. The number of anilines is 1. The molecular formula is C13H19N3O2. The molecule has 1 aromatic heterocycles. The summed E-state index contributed by atoms with van der Waals surface area (Å²) in [7, 11) is 0. The van der Waals surface area contributed by atoms with Crippen molar-refractivity contribution in [3.8, 4) is 5.88 Å². The van der Waals surface area contributed by atoms with Crippen LogP contribution in [-0.4, -0.2) is 24.0 Å². The summed E-state index contributed by atoms with van der Waals surface area (Å²) in [6.45, 7) is 2.89. The fourth-order valence-corrected chi connectivity index (χ4v) is 2.08. The molecule has 0 spiro atoms. The van der Waals surface area contributed by atoms with E-state index in [1.807, 2.05) is 6.92 Å². The zero-order chi connectivity index (χ0) is 13.0. The first-order chi connectivity index (χ1) is 8.70. The van der Waals surface area contributed by atoms with Gasteiger partial charge < -0.3 is 15.8 Å². The molecule has 1 heterocycles. The SMILES string of the molecule is CCOc1ccc(NC(=O)C2(CN)CCC2)cn1. The van der Waals surface area contributed by atoms with Crippen LogP contribution in [-0.2, 0) is 4.79 Å². The minimum Gasteiger partial charge on any atom is -0.478 e. The zero-order valence-electron chi connectivity index (χ0n) is 10.6. The number of hydrogen-bond acceptors (Lipinski definition) is 4. The first kappa shape index (κ1) is 12.8. The van der Waals surface area contributed by atoms with Gasteiger partial charge in [-0.05, 0) is 25.8 Å². The maximum atomic E-state index is 12.1. The molecule has 18 heavy (non-hydrogen) atoms. The Morgan fingerprint density at radius 1 is 1.56 bits per heavy atom. The van der Waals surface area contributed by atoms with Gasteiger partial charge in [0.05, 0.1) is 23.9 Å². The molecule has 1 saturated carbocycles. The Kier molecular flexibility index (Phi) is 3.81. The molecule has 5 nitrogen and oxygen atoms in total. The number of ether oxygens (including phenoxy) is 1. The van der Waals surface area contributed by atoms with Crippen LogP contribution in [0.15, 0.2) is 18.3 Å². The van der Waals surface area contributed by atoms with Crippen molar-refractivity contribution in [2.24, 2.45) is 11.1 Å². The van der Waals surface area contributed by atoms with Crippen molar-refractivity contribution >= 4 is 11.6 Å². The molecule has 1 amide bonds. The number of pyridine rings is 1. The number of nitrogens with zero attached hydrogens (tertiary/aromatic N) is 1. The van der Waals surface area contributed by atoms with E-state index in [2.05, 4.69) is 10.3 Å². The van der Waals surface area contributed by atoms with E-state index in [1.165, 1.54) is 0 Å². The van der Waals surface area contributed by atoms with Gasteiger partial charge in [0.15, 0.2) is 0 Å². The van der Waals surface area contributed by atoms with Crippen molar-refractivity contribution < 1.29 is 9.53 Å². The van der Waals surface area contributed by atoms with Gasteiger partial charge in [-0.15, -0.1) is 0 Å². The molecule has 0 bridgehead atoms. The lowest BCUT2D eigenvalue weighted by Crippen LogP contribution is -2.47. The average molecular weight is 249 g/mol. The second-order valence-corrected chi connectivity index (χ2v) is 4.61.